The molecule has 0 radical (unpaired) electrons. The van der Waals surface area contributed by atoms with Gasteiger partial charge in [-0.05, 0) is 53.6 Å². The second kappa shape index (κ2) is 10.4. The van der Waals surface area contributed by atoms with Crippen LogP contribution in [0.3, 0.4) is 0 Å². The van der Waals surface area contributed by atoms with Crippen molar-refractivity contribution in [2.24, 2.45) is 0 Å². The van der Waals surface area contributed by atoms with Gasteiger partial charge < -0.3 is 19.5 Å². The fourth-order valence-electron chi connectivity index (χ4n) is 2.48. The number of hydrogen-bond acceptors (Lipinski definition) is 4. The summed E-state index contributed by atoms with van der Waals surface area (Å²) in [6.07, 6.45) is 0.783. The lowest BCUT2D eigenvalue weighted by Crippen LogP contribution is -2.26. The molecular weight excluding hydrogens is 445 g/mol. The van der Waals surface area contributed by atoms with Gasteiger partial charge in [-0.2, -0.15) is 0 Å². The third-order valence-electron chi connectivity index (χ3n) is 3.96. The van der Waals surface area contributed by atoms with E-state index in [0.29, 0.717) is 30.2 Å². The number of carbonyl (C=O) groups is 1. The highest BCUT2D eigenvalue weighted by Crippen LogP contribution is 2.31. The van der Waals surface area contributed by atoms with Gasteiger partial charge in [0, 0.05) is 16.7 Å². The molecule has 0 aliphatic heterocycles. The van der Waals surface area contributed by atoms with Crippen LogP contribution in [-0.4, -0.2) is 33.3 Å². The molecule has 1 atom stereocenters. The lowest BCUT2D eigenvalue weighted by molar-refractivity contribution is 0.0635. The maximum Gasteiger partial charge on any atom is 0.252 e. The summed E-state index contributed by atoms with van der Waals surface area (Å²) in [6.45, 7) is 3.16. The van der Waals surface area contributed by atoms with Gasteiger partial charge in [-0.15, -0.1) is 0 Å². The summed E-state index contributed by atoms with van der Waals surface area (Å²) in [5.41, 5.74) is 1.72. The fraction of sp³-hybridized carbons (Fsp3) is 0.350. The Morgan fingerprint density at radius 3 is 2.42 bits per heavy atom. The van der Waals surface area contributed by atoms with Gasteiger partial charge in [0.1, 0.15) is 0 Å². The number of nitrogens with one attached hydrogen (secondary N) is 1. The van der Waals surface area contributed by atoms with E-state index >= 15 is 0 Å². The lowest BCUT2D eigenvalue weighted by atomic mass is 10.1. The molecule has 2 aromatic carbocycles. The van der Waals surface area contributed by atoms with E-state index in [4.69, 9.17) is 14.2 Å². The molecule has 0 heterocycles. The average Bonchev–Trinajstić information content (AvgIpc) is 2.67. The number of methoxy groups -OCH3 is 2. The van der Waals surface area contributed by atoms with Crippen molar-refractivity contribution >= 4 is 28.5 Å². The number of ether oxygens (including phenoxy) is 3. The van der Waals surface area contributed by atoms with Crippen LogP contribution in [0.15, 0.2) is 42.5 Å². The van der Waals surface area contributed by atoms with Gasteiger partial charge in [0.05, 0.1) is 25.9 Å². The number of benzene rings is 2. The second-order valence-corrected chi connectivity index (χ2v) is 6.88. The minimum atomic E-state index is -0.133. The zero-order chi connectivity index (χ0) is 18.9. The molecule has 26 heavy (non-hydrogen) atoms. The summed E-state index contributed by atoms with van der Waals surface area (Å²) in [5.74, 6) is 1.02. The van der Waals surface area contributed by atoms with E-state index in [2.05, 4.69) is 27.9 Å². The first kappa shape index (κ1) is 20.5. The zero-order valence-electron chi connectivity index (χ0n) is 15.3. The molecule has 140 valence electrons. The molecule has 0 fully saturated rings. The van der Waals surface area contributed by atoms with Crippen molar-refractivity contribution in [3.05, 3.63) is 57.2 Å². The molecule has 0 spiro atoms. The van der Waals surface area contributed by atoms with Crippen LogP contribution < -0.4 is 14.8 Å². The van der Waals surface area contributed by atoms with Crippen molar-refractivity contribution < 1.29 is 19.0 Å². The molecule has 2 rings (SSSR count). The summed E-state index contributed by atoms with van der Waals surface area (Å²) in [4.78, 5) is 12.4. The van der Waals surface area contributed by atoms with Crippen LogP contribution in [0.25, 0.3) is 0 Å². The number of hydrogen-bond donors (Lipinski definition) is 1. The highest BCUT2D eigenvalue weighted by molar-refractivity contribution is 14.1. The minimum absolute atomic E-state index is 0.0405. The van der Waals surface area contributed by atoms with E-state index in [1.165, 1.54) is 0 Å². The molecular formula is C20H24INO4. The van der Waals surface area contributed by atoms with Crippen LogP contribution >= 0.6 is 22.6 Å². The van der Waals surface area contributed by atoms with Gasteiger partial charge in [-0.3, -0.25) is 4.79 Å². The quantitative estimate of drug-likeness (QED) is 0.442. The first-order valence-corrected chi connectivity index (χ1v) is 9.51. The maximum atomic E-state index is 12.4. The van der Waals surface area contributed by atoms with Crippen molar-refractivity contribution in [2.75, 3.05) is 27.4 Å². The molecule has 0 aliphatic carbocycles. The predicted octanol–water partition coefficient (Wildman–Crippen LogP) is 4.21. The number of halogens is 1. The summed E-state index contributed by atoms with van der Waals surface area (Å²) in [7, 11) is 3.13. The number of carbonyl (C=O) groups excluding carboxylic acids is 1. The van der Waals surface area contributed by atoms with Crippen LogP contribution in [0.4, 0.5) is 0 Å². The van der Waals surface area contributed by atoms with E-state index < -0.39 is 0 Å². The first-order valence-electron chi connectivity index (χ1n) is 8.43. The topological polar surface area (TPSA) is 56.8 Å². The Balaban J connectivity index is 1.80. The van der Waals surface area contributed by atoms with Crippen molar-refractivity contribution in [3.8, 4) is 11.5 Å². The van der Waals surface area contributed by atoms with E-state index in [9.17, 15) is 4.79 Å². The van der Waals surface area contributed by atoms with Gasteiger partial charge in [0.15, 0.2) is 11.5 Å². The lowest BCUT2D eigenvalue weighted by Gasteiger charge is -2.14. The summed E-state index contributed by atoms with van der Waals surface area (Å²) in [6, 6.07) is 13.6. The van der Waals surface area contributed by atoms with Gasteiger partial charge in [0.25, 0.3) is 5.91 Å². The van der Waals surface area contributed by atoms with Gasteiger partial charge >= 0.3 is 0 Å². The van der Waals surface area contributed by atoms with E-state index in [1.807, 2.05) is 37.3 Å². The molecule has 0 bridgehead atoms. The zero-order valence-corrected chi connectivity index (χ0v) is 17.4. The highest BCUT2D eigenvalue weighted by atomic mass is 127. The average molecular weight is 469 g/mol. The van der Waals surface area contributed by atoms with E-state index in [1.54, 1.807) is 26.4 Å². The standard InChI is InChI=1S/C20H24INO4/c1-14(15-8-5-4-6-9-15)26-11-7-10-22-20(23)16-12-18(24-2)19(25-3)13-17(16)21/h4-6,8-9,12-14H,7,10-11H2,1-3H3,(H,22,23). The summed E-state index contributed by atoms with van der Waals surface area (Å²) in [5, 5.41) is 2.92. The van der Waals surface area contributed by atoms with Crippen molar-refractivity contribution in [1.82, 2.24) is 5.32 Å². The predicted molar refractivity (Wildman–Crippen MR) is 110 cm³/mol. The smallest absolute Gasteiger partial charge is 0.252 e. The van der Waals surface area contributed by atoms with Crippen LogP contribution in [0, 0.1) is 3.57 Å². The van der Waals surface area contributed by atoms with E-state index in [-0.39, 0.29) is 12.0 Å². The first-order chi connectivity index (χ1) is 12.6. The second-order valence-electron chi connectivity index (χ2n) is 5.72. The van der Waals surface area contributed by atoms with E-state index in [0.717, 1.165) is 15.6 Å². The molecule has 1 amide bonds. The Labute approximate surface area is 168 Å². The Hall–Kier alpha value is -1.80. The molecule has 1 N–H and O–H groups in total. The Kier molecular flexibility index (Phi) is 8.18. The molecule has 5 nitrogen and oxygen atoms in total. The fourth-order valence-corrected chi connectivity index (χ4v) is 3.16. The third kappa shape index (κ3) is 5.60. The summed E-state index contributed by atoms with van der Waals surface area (Å²) < 4.78 is 17.1. The van der Waals surface area contributed by atoms with Crippen molar-refractivity contribution in [2.45, 2.75) is 19.4 Å². The molecule has 0 aromatic heterocycles. The number of amides is 1. The van der Waals surface area contributed by atoms with Crippen LogP contribution in [0.2, 0.25) is 0 Å². The Morgan fingerprint density at radius 1 is 1.12 bits per heavy atom. The van der Waals surface area contributed by atoms with Gasteiger partial charge in [-0.1, -0.05) is 30.3 Å². The normalized spacial score (nSPS) is 11.7. The Bertz CT molecular complexity index is 721. The van der Waals surface area contributed by atoms with Crippen LogP contribution in [-0.2, 0) is 4.74 Å². The van der Waals surface area contributed by atoms with Crippen LogP contribution in [0.5, 0.6) is 11.5 Å². The molecule has 0 saturated carbocycles. The minimum Gasteiger partial charge on any atom is -0.493 e. The van der Waals surface area contributed by atoms with Crippen molar-refractivity contribution in [1.29, 1.82) is 0 Å². The molecule has 0 saturated heterocycles. The highest BCUT2D eigenvalue weighted by Gasteiger charge is 2.15. The van der Waals surface area contributed by atoms with Gasteiger partial charge in [0.2, 0.25) is 0 Å². The molecule has 0 aliphatic rings. The molecule has 1 unspecified atom stereocenters. The largest absolute Gasteiger partial charge is 0.493 e. The monoisotopic (exact) mass is 469 g/mol. The van der Waals surface area contributed by atoms with Crippen LogP contribution in [0.1, 0.15) is 35.4 Å². The third-order valence-corrected chi connectivity index (χ3v) is 4.85. The van der Waals surface area contributed by atoms with Crippen molar-refractivity contribution in [3.63, 3.8) is 0 Å². The maximum absolute atomic E-state index is 12.4. The molecule has 2 aromatic rings. The SMILES string of the molecule is COc1cc(I)c(C(=O)NCCCOC(C)c2ccccc2)cc1OC. The van der Waals surface area contributed by atoms with Gasteiger partial charge in [-0.25, -0.2) is 0 Å². The Morgan fingerprint density at radius 2 is 1.77 bits per heavy atom. The summed E-state index contributed by atoms with van der Waals surface area (Å²) >= 11 is 2.12. The molecule has 6 heteroatoms. The number of rotatable bonds is 9.